The van der Waals surface area contributed by atoms with Crippen LogP contribution in [0.15, 0.2) is 47.8 Å². The molecule has 0 radical (unpaired) electrons. The number of rotatable bonds is 6. The van der Waals surface area contributed by atoms with Gasteiger partial charge in [-0.05, 0) is 23.6 Å². The molecule has 1 amide bonds. The van der Waals surface area contributed by atoms with Gasteiger partial charge in [0.05, 0.1) is 6.54 Å². The molecule has 0 atom stereocenters. The van der Waals surface area contributed by atoms with E-state index in [0.717, 1.165) is 10.4 Å². The van der Waals surface area contributed by atoms with Crippen LogP contribution in [0.4, 0.5) is 0 Å². The molecule has 3 rings (SSSR count). The minimum atomic E-state index is -0.0158. The molecule has 0 aliphatic heterocycles. The van der Waals surface area contributed by atoms with Crippen molar-refractivity contribution in [2.45, 2.75) is 20.0 Å². The predicted octanol–water partition coefficient (Wildman–Crippen LogP) is 2.45. The van der Waals surface area contributed by atoms with E-state index in [2.05, 4.69) is 15.4 Å². The van der Waals surface area contributed by atoms with Crippen molar-refractivity contribution in [2.24, 2.45) is 0 Å². The normalized spacial score (nSPS) is 10.7. The summed E-state index contributed by atoms with van der Waals surface area (Å²) >= 11 is 1.65. The third-order valence-corrected chi connectivity index (χ3v) is 4.28. The Morgan fingerprint density at radius 3 is 2.74 bits per heavy atom. The summed E-state index contributed by atoms with van der Waals surface area (Å²) in [5, 5.41) is 14.3. The summed E-state index contributed by atoms with van der Waals surface area (Å²) in [6, 6.07) is 13.6. The third kappa shape index (κ3) is 3.81. The van der Waals surface area contributed by atoms with Gasteiger partial charge in [-0.25, -0.2) is 0 Å². The summed E-state index contributed by atoms with van der Waals surface area (Å²) in [7, 11) is 0. The summed E-state index contributed by atoms with van der Waals surface area (Å²) in [6.45, 7) is 3.33. The van der Waals surface area contributed by atoms with Gasteiger partial charge in [-0.3, -0.25) is 4.79 Å². The maximum absolute atomic E-state index is 12.4. The third-order valence-electron chi connectivity index (χ3n) is 3.42. The summed E-state index contributed by atoms with van der Waals surface area (Å²) in [5.41, 5.74) is 0.886. The monoisotopic (exact) mass is 327 g/mol. The highest BCUT2D eigenvalue weighted by Gasteiger charge is 2.15. The number of benzene rings is 1. The van der Waals surface area contributed by atoms with Crippen molar-refractivity contribution >= 4 is 17.2 Å². The molecule has 23 heavy (non-hydrogen) atoms. The van der Waals surface area contributed by atoms with Crippen molar-refractivity contribution in [2.75, 3.05) is 6.54 Å². The highest BCUT2D eigenvalue weighted by Crippen LogP contribution is 2.13. The average Bonchev–Trinajstić information content (AvgIpc) is 3.25. The number of tetrazole rings is 1. The second kappa shape index (κ2) is 7.15. The highest BCUT2D eigenvalue weighted by molar-refractivity contribution is 7.09. The fourth-order valence-corrected chi connectivity index (χ4v) is 2.92. The zero-order valence-electron chi connectivity index (χ0n) is 12.8. The Bertz CT molecular complexity index is 754. The lowest BCUT2D eigenvalue weighted by Gasteiger charge is -2.19. The molecule has 1 aromatic carbocycles. The zero-order valence-corrected chi connectivity index (χ0v) is 13.6. The maximum Gasteiger partial charge on any atom is 0.246 e. The van der Waals surface area contributed by atoms with Gasteiger partial charge in [0, 0.05) is 17.0 Å². The van der Waals surface area contributed by atoms with Crippen molar-refractivity contribution in [3.8, 4) is 11.4 Å². The average molecular weight is 327 g/mol. The molecule has 118 valence electrons. The summed E-state index contributed by atoms with van der Waals surface area (Å²) in [5.74, 6) is 0.512. The van der Waals surface area contributed by atoms with Crippen LogP contribution in [0.3, 0.4) is 0 Å². The quantitative estimate of drug-likeness (QED) is 0.697. The molecule has 0 saturated carbocycles. The number of amides is 1. The molecule has 0 spiro atoms. The van der Waals surface area contributed by atoms with E-state index in [-0.39, 0.29) is 12.5 Å². The van der Waals surface area contributed by atoms with Crippen LogP contribution in [0.2, 0.25) is 0 Å². The summed E-state index contributed by atoms with van der Waals surface area (Å²) in [4.78, 5) is 16.7. The Morgan fingerprint density at radius 2 is 2.04 bits per heavy atom. The SMILES string of the molecule is CCN(Cc1cccs1)C(=O)Cn1nnc(-c2ccccc2)n1. The van der Waals surface area contributed by atoms with Crippen molar-refractivity contribution in [3.05, 3.63) is 52.7 Å². The molecule has 0 bridgehead atoms. The van der Waals surface area contributed by atoms with Crippen LogP contribution in [0.1, 0.15) is 11.8 Å². The van der Waals surface area contributed by atoms with Crippen molar-refractivity contribution in [1.29, 1.82) is 0 Å². The first-order valence-corrected chi connectivity index (χ1v) is 8.27. The van der Waals surface area contributed by atoms with E-state index in [9.17, 15) is 4.79 Å². The van der Waals surface area contributed by atoms with E-state index in [4.69, 9.17) is 0 Å². The second-order valence-electron chi connectivity index (χ2n) is 5.00. The Kier molecular flexibility index (Phi) is 4.77. The minimum absolute atomic E-state index is 0.0158. The lowest BCUT2D eigenvalue weighted by atomic mass is 10.2. The second-order valence-corrected chi connectivity index (χ2v) is 6.03. The lowest BCUT2D eigenvalue weighted by molar-refractivity contribution is -0.132. The molecule has 7 heteroatoms. The highest BCUT2D eigenvalue weighted by atomic mass is 32.1. The van der Waals surface area contributed by atoms with Gasteiger partial charge in [0.25, 0.3) is 0 Å². The molecule has 0 saturated heterocycles. The van der Waals surface area contributed by atoms with Crippen LogP contribution < -0.4 is 0 Å². The van der Waals surface area contributed by atoms with E-state index in [1.54, 1.807) is 16.2 Å². The molecule has 2 heterocycles. The van der Waals surface area contributed by atoms with Crippen LogP contribution >= 0.6 is 11.3 Å². The van der Waals surface area contributed by atoms with Gasteiger partial charge in [-0.1, -0.05) is 36.4 Å². The van der Waals surface area contributed by atoms with E-state index < -0.39 is 0 Å². The number of nitrogens with zero attached hydrogens (tertiary/aromatic N) is 5. The van der Waals surface area contributed by atoms with E-state index in [1.165, 1.54) is 4.80 Å². The van der Waals surface area contributed by atoms with Crippen molar-refractivity contribution in [3.63, 3.8) is 0 Å². The minimum Gasteiger partial charge on any atom is -0.336 e. The standard InChI is InChI=1S/C16H17N5OS/c1-2-20(11-14-9-6-10-23-14)15(22)12-21-18-16(17-19-21)13-7-4-3-5-8-13/h3-10H,2,11-12H2,1H3. The topological polar surface area (TPSA) is 63.9 Å². The molecule has 3 aromatic rings. The largest absolute Gasteiger partial charge is 0.336 e. The van der Waals surface area contributed by atoms with Crippen LogP contribution in [0.5, 0.6) is 0 Å². The smallest absolute Gasteiger partial charge is 0.246 e. The number of likely N-dealkylation sites (N-methyl/N-ethyl adjacent to an activating group) is 1. The molecular weight excluding hydrogens is 310 g/mol. The van der Waals surface area contributed by atoms with E-state index in [0.29, 0.717) is 18.9 Å². The molecule has 0 aliphatic rings. The van der Waals surface area contributed by atoms with Crippen LogP contribution in [0, 0.1) is 0 Å². The Balaban J connectivity index is 1.66. The number of carbonyl (C=O) groups excluding carboxylic acids is 1. The molecule has 6 nitrogen and oxygen atoms in total. The molecule has 0 aliphatic carbocycles. The van der Waals surface area contributed by atoms with Gasteiger partial charge < -0.3 is 4.90 Å². The van der Waals surface area contributed by atoms with Gasteiger partial charge in [0.15, 0.2) is 0 Å². The van der Waals surface area contributed by atoms with Crippen molar-refractivity contribution < 1.29 is 4.79 Å². The first-order chi connectivity index (χ1) is 11.3. The van der Waals surface area contributed by atoms with Crippen LogP contribution in [0.25, 0.3) is 11.4 Å². The van der Waals surface area contributed by atoms with E-state index >= 15 is 0 Å². The van der Waals surface area contributed by atoms with Gasteiger partial charge in [-0.15, -0.1) is 21.5 Å². The molecule has 2 aromatic heterocycles. The van der Waals surface area contributed by atoms with Gasteiger partial charge >= 0.3 is 0 Å². The number of thiophene rings is 1. The molecule has 0 unspecified atom stereocenters. The van der Waals surface area contributed by atoms with Crippen LogP contribution in [-0.4, -0.2) is 37.6 Å². The van der Waals surface area contributed by atoms with E-state index in [1.807, 2.05) is 54.8 Å². The van der Waals surface area contributed by atoms with Crippen LogP contribution in [-0.2, 0) is 17.9 Å². The summed E-state index contributed by atoms with van der Waals surface area (Å²) < 4.78 is 0. The Labute approximate surface area is 138 Å². The van der Waals surface area contributed by atoms with Gasteiger partial charge in [0.2, 0.25) is 11.7 Å². The number of hydrogen-bond donors (Lipinski definition) is 0. The Morgan fingerprint density at radius 1 is 1.22 bits per heavy atom. The fraction of sp³-hybridized carbons (Fsp3) is 0.250. The maximum atomic E-state index is 12.4. The van der Waals surface area contributed by atoms with Gasteiger partial charge in [0.1, 0.15) is 6.54 Å². The number of hydrogen-bond acceptors (Lipinski definition) is 5. The first-order valence-electron chi connectivity index (χ1n) is 7.39. The molecular formula is C16H17N5OS. The molecule has 0 N–H and O–H groups in total. The Hall–Kier alpha value is -2.54. The fourth-order valence-electron chi connectivity index (χ4n) is 2.20. The zero-order chi connectivity index (χ0) is 16.1. The lowest BCUT2D eigenvalue weighted by Crippen LogP contribution is -2.33. The first kappa shape index (κ1) is 15.4. The number of carbonyl (C=O) groups is 1. The predicted molar refractivity (Wildman–Crippen MR) is 88.7 cm³/mol. The van der Waals surface area contributed by atoms with Gasteiger partial charge in [-0.2, -0.15) is 4.80 Å². The number of aromatic nitrogens is 4. The molecule has 0 fully saturated rings. The summed E-state index contributed by atoms with van der Waals surface area (Å²) in [6.07, 6.45) is 0. The van der Waals surface area contributed by atoms with Crippen molar-refractivity contribution in [1.82, 2.24) is 25.1 Å².